The molecule has 0 atom stereocenters. The molecule has 2 heteroatoms. The van der Waals surface area contributed by atoms with Crippen LogP contribution in [0.15, 0.2) is 54.6 Å². The third-order valence-electron chi connectivity index (χ3n) is 2.20. The first-order valence-corrected chi connectivity index (χ1v) is 4.59. The van der Waals surface area contributed by atoms with E-state index in [4.69, 9.17) is 4.65 Å². The largest absolute Gasteiger partial charge is 0.568 e. The summed E-state index contributed by atoms with van der Waals surface area (Å²) in [5.74, 6) is 0.893. The number of hydrogen-bond acceptors (Lipinski definition) is 1. The lowest BCUT2D eigenvalue weighted by atomic mass is 10.1. The first-order chi connectivity index (χ1) is 6.90. The van der Waals surface area contributed by atoms with E-state index in [9.17, 15) is 0 Å². The molecule has 0 saturated heterocycles. The zero-order valence-electron chi connectivity index (χ0n) is 8.10. The topological polar surface area (TPSA) is 9.23 Å². The summed E-state index contributed by atoms with van der Waals surface area (Å²) in [6, 6.07) is 18.4. The highest BCUT2D eigenvalue weighted by atomic mass is 16.4. The van der Waals surface area contributed by atoms with Gasteiger partial charge in [-0.05, 0) is 23.3 Å². The third kappa shape index (κ3) is 1.79. The van der Waals surface area contributed by atoms with Crippen LogP contribution in [-0.2, 0) is 0 Å². The molecule has 1 nitrogen and oxygen atoms in total. The maximum absolute atomic E-state index is 5.11. The van der Waals surface area contributed by atoms with Gasteiger partial charge in [0.2, 0.25) is 0 Å². The van der Waals surface area contributed by atoms with E-state index in [1.165, 1.54) is 11.1 Å². The van der Waals surface area contributed by atoms with Crippen LogP contribution in [0.25, 0.3) is 11.1 Å². The normalized spacial score (nSPS) is 9.71. The van der Waals surface area contributed by atoms with Crippen molar-refractivity contribution >= 4 is 8.05 Å². The van der Waals surface area contributed by atoms with Gasteiger partial charge >= 0.3 is 8.05 Å². The Hall–Kier alpha value is -1.70. The highest BCUT2D eigenvalue weighted by molar-refractivity contribution is 5.99. The van der Waals surface area contributed by atoms with Gasteiger partial charge in [0.1, 0.15) is 0 Å². The van der Waals surface area contributed by atoms with Gasteiger partial charge in [0.15, 0.2) is 0 Å². The Balaban J connectivity index is 2.34. The Kier molecular flexibility index (Phi) is 2.54. The molecular weight excluding hydrogens is 171 g/mol. The van der Waals surface area contributed by atoms with Gasteiger partial charge < -0.3 is 4.65 Å². The van der Waals surface area contributed by atoms with Crippen molar-refractivity contribution in [3.05, 3.63) is 54.6 Å². The van der Waals surface area contributed by atoms with Crippen LogP contribution in [0, 0.1) is 0 Å². The first kappa shape index (κ1) is 8.88. The molecule has 0 heterocycles. The Morgan fingerprint density at radius 3 is 1.86 bits per heavy atom. The molecule has 68 valence electrons. The molecule has 2 aromatic rings. The molecule has 0 bridgehead atoms. The molecule has 2 rings (SSSR count). The van der Waals surface area contributed by atoms with Crippen LogP contribution >= 0.6 is 0 Å². The third-order valence-corrected chi connectivity index (χ3v) is 2.20. The van der Waals surface area contributed by atoms with Gasteiger partial charge in [-0.25, -0.2) is 0 Å². The second kappa shape index (κ2) is 4.01. The molecule has 0 aliphatic carbocycles. The van der Waals surface area contributed by atoms with Crippen molar-refractivity contribution in [1.82, 2.24) is 0 Å². The molecule has 0 spiro atoms. The molecule has 0 radical (unpaired) electrons. The monoisotopic (exact) mass is 182 g/mol. The maximum Gasteiger partial charge on any atom is 0.322 e. The summed E-state index contributed by atoms with van der Waals surface area (Å²) in [5, 5.41) is 0. The minimum atomic E-state index is 0.893. The Morgan fingerprint density at radius 1 is 0.714 bits per heavy atom. The van der Waals surface area contributed by atoms with Crippen LogP contribution in [0.4, 0.5) is 0 Å². The molecule has 2 aromatic carbocycles. The van der Waals surface area contributed by atoms with Gasteiger partial charge in [0, 0.05) is 0 Å². The minimum Gasteiger partial charge on any atom is -0.568 e. The average Bonchev–Trinajstić information content (AvgIpc) is 2.30. The molecular formula is C12H11BO. The summed E-state index contributed by atoms with van der Waals surface area (Å²) in [6.07, 6.45) is 0. The van der Waals surface area contributed by atoms with Gasteiger partial charge in [-0.3, -0.25) is 0 Å². The quantitative estimate of drug-likeness (QED) is 0.647. The maximum atomic E-state index is 5.11. The lowest BCUT2D eigenvalue weighted by Gasteiger charge is -2.03. The molecule has 0 aliphatic heterocycles. The highest BCUT2D eigenvalue weighted by Crippen LogP contribution is 2.21. The van der Waals surface area contributed by atoms with E-state index in [2.05, 4.69) is 24.3 Å². The molecule has 0 aromatic heterocycles. The van der Waals surface area contributed by atoms with Crippen molar-refractivity contribution in [3.63, 3.8) is 0 Å². The molecule has 0 fully saturated rings. The average molecular weight is 182 g/mol. The predicted octanol–water partition coefficient (Wildman–Crippen LogP) is 2.28. The van der Waals surface area contributed by atoms with Gasteiger partial charge in [-0.2, -0.15) is 0 Å². The van der Waals surface area contributed by atoms with Crippen LogP contribution in [0.3, 0.4) is 0 Å². The van der Waals surface area contributed by atoms with Crippen molar-refractivity contribution in [1.29, 1.82) is 0 Å². The van der Waals surface area contributed by atoms with Gasteiger partial charge in [0.25, 0.3) is 0 Å². The van der Waals surface area contributed by atoms with Gasteiger partial charge in [-0.1, -0.05) is 42.5 Å². The zero-order valence-corrected chi connectivity index (χ0v) is 8.10. The summed E-state index contributed by atoms with van der Waals surface area (Å²) < 4.78 is 5.11. The smallest absolute Gasteiger partial charge is 0.322 e. The standard InChI is InChI=1S/C12H11BO/c13-14-12-8-6-11(7-9-12)10-4-2-1-3-5-10/h1-9H,13H2. The van der Waals surface area contributed by atoms with E-state index in [1.807, 2.05) is 30.3 Å². The fourth-order valence-corrected chi connectivity index (χ4v) is 1.41. The fraction of sp³-hybridized carbons (Fsp3) is 0. The van der Waals surface area contributed by atoms with Crippen molar-refractivity contribution in [2.75, 3.05) is 0 Å². The van der Waals surface area contributed by atoms with Gasteiger partial charge in [0.05, 0.1) is 5.75 Å². The summed E-state index contributed by atoms with van der Waals surface area (Å²) in [4.78, 5) is 0. The lowest BCUT2D eigenvalue weighted by Crippen LogP contribution is -1.84. The molecule has 0 N–H and O–H groups in total. The van der Waals surface area contributed by atoms with Crippen LogP contribution in [0.1, 0.15) is 0 Å². The second-order valence-corrected chi connectivity index (χ2v) is 3.09. The van der Waals surface area contributed by atoms with E-state index in [0.29, 0.717) is 0 Å². The van der Waals surface area contributed by atoms with E-state index < -0.39 is 0 Å². The summed E-state index contributed by atoms with van der Waals surface area (Å²) in [7, 11) is 1.68. The molecule has 0 amide bonds. The first-order valence-electron chi connectivity index (χ1n) is 4.59. The predicted molar refractivity (Wildman–Crippen MR) is 61.1 cm³/mol. The number of rotatable bonds is 2. The molecule has 0 saturated carbocycles. The van der Waals surface area contributed by atoms with E-state index in [1.54, 1.807) is 8.05 Å². The van der Waals surface area contributed by atoms with Crippen LogP contribution in [0.2, 0.25) is 0 Å². The van der Waals surface area contributed by atoms with Crippen molar-refractivity contribution in [2.24, 2.45) is 0 Å². The van der Waals surface area contributed by atoms with E-state index in [-0.39, 0.29) is 0 Å². The number of benzene rings is 2. The SMILES string of the molecule is BOc1ccc(-c2ccccc2)cc1. The Morgan fingerprint density at radius 2 is 1.29 bits per heavy atom. The zero-order chi connectivity index (χ0) is 9.80. The number of hydrogen-bond donors (Lipinski definition) is 0. The molecule has 14 heavy (non-hydrogen) atoms. The van der Waals surface area contributed by atoms with Crippen molar-refractivity contribution < 1.29 is 4.65 Å². The van der Waals surface area contributed by atoms with Crippen molar-refractivity contribution in [3.8, 4) is 16.9 Å². The lowest BCUT2D eigenvalue weighted by molar-refractivity contribution is 0.616. The molecule has 0 aliphatic rings. The van der Waals surface area contributed by atoms with Crippen LogP contribution in [-0.4, -0.2) is 8.05 Å². The second-order valence-electron chi connectivity index (χ2n) is 3.09. The van der Waals surface area contributed by atoms with Gasteiger partial charge in [-0.15, -0.1) is 0 Å². The van der Waals surface area contributed by atoms with Crippen LogP contribution in [0.5, 0.6) is 5.75 Å². The summed E-state index contributed by atoms with van der Waals surface area (Å²) >= 11 is 0. The van der Waals surface area contributed by atoms with Crippen LogP contribution < -0.4 is 4.65 Å². The van der Waals surface area contributed by atoms with E-state index in [0.717, 1.165) is 5.75 Å². The summed E-state index contributed by atoms with van der Waals surface area (Å²) in [6.45, 7) is 0. The van der Waals surface area contributed by atoms with Crippen molar-refractivity contribution in [2.45, 2.75) is 0 Å². The fourth-order valence-electron chi connectivity index (χ4n) is 1.41. The molecule has 0 unspecified atom stereocenters. The summed E-state index contributed by atoms with van der Waals surface area (Å²) in [5.41, 5.74) is 2.45. The minimum absolute atomic E-state index is 0.893. The highest BCUT2D eigenvalue weighted by Gasteiger charge is 1.95. The Labute approximate surface area is 84.8 Å². The van der Waals surface area contributed by atoms with E-state index >= 15 is 0 Å². The Bertz CT molecular complexity index is 394.